The molecule has 0 radical (unpaired) electrons. The van der Waals surface area contributed by atoms with E-state index in [-0.39, 0.29) is 22.5 Å². The third kappa shape index (κ3) is 2.83. The van der Waals surface area contributed by atoms with E-state index in [0.29, 0.717) is 12.8 Å². The van der Waals surface area contributed by atoms with Gasteiger partial charge < -0.3 is 11.5 Å². The lowest BCUT2D eigenvalue weighted by Gasteiger charge is -2.45. The molecule has 1 heterocycles. The first kappa shape index (κ1) is 16.7. The van der Waals surface area contributed by atoms with Gasteiger partial charge in [0, 0.05) is 6.26 Å². The first-order valence-electron chi connectivity index (χ1n) is 7.72. The van der Waals surface area contributed by atoms with Crippen molar-refractivity contribution < 1.29 is 12.8 Å². The van der Waals surface area contributed by atoms with Gasteiger partial charge in [0.1, 0.15) is 11.5 Å². The zero-order valence-corrected chi connectivity index (χ0v) is 14.2. The summed E-state index contributed by atoms with van der Waals surface area (Å²) in [6, 6.07) is 3.76. The maximum Gasteiger partial charge on any atom is 0.220 e. The summed E-state index contributed by atoms with van der Waals surface area (Å²) in [6.45, 7) is 0. The Hall–Kier alpha value is -2.16. The number of nitrogens with two attached hydrogens (primary N) is 2. The minimum atomic E-state index is -3.50. The molecule has 0 saturated heterocycles. The molecule has 3 rings (SSSR count). The third-order valence-corrected chi connectivity index (χ3v) is 5.55. The number of hydrogen-bond donors (Lipinski definition) is 2. The number of hydrogen-bond acceptors (Lipinski definition) is 7. The van der Waals surface area contributed by atoms with E-state index in [1.807, 2.05) is 0 Å². The van der Waals surface area contributed by atoms with E-state index in [2.05, 4.69) is 9.98 Å². The van der Waals surface area contributed by atoms with E-state index < -0.39 is 21.3 Å². The van der Waals surface area contributed by atoms with Gasteiger partial charge in [0.05, 0.1) is 10.6 Å². The van der Waals surface area contributed by atoms with Crippen LogP contribution in [0.4, 0.5) is 10.1 Å². The second-order valence-electron chi connectivity index (χ2n) is 6.20. The van der Waals surface area contributed by atoms with Gasteiger partial charge in [0.2, 0.25) is 11.9 Å². The lowest BCUT2D eigenvalue weighted by molar-refractivity contribution is 0.304. The quantitative estimate of drug-likeness (QED) is 0.833. The normalized spacial score (nSPS) is 20.7. The molecule has 1 aliphatic carbocycles. The molecule has 0 bridgehead atoms. The highest BCUT2D eigenvalue weighted by molar-refractivity contribution is 7.90. The van der Waals surface area contributed by atoms with E-state index >= 15 is 0 Å². The summed E-state index contributed by atoms with van der Waals surface area (Å²) >= 11 is 0. The first-order valence-corrected chi connectivity index (χ1v) is 9.61. The van der Waals surface area contributed by atoms with Gasteiger partial charge in [-0.05, 0) is 43.9 Å². The van der Waals surface area contributed by atoms with Gasteiger partial charge >= 0.3 is 0 Å². The van der Waals surface area contributed by atoms with Crippen molar-refractivity contribution >= 4 is 27.4 Å². The van der Waals surface area contributed by atoms with Crippen molar-refractivity contribution in [2.45, 2.75) is 42.7 Å². The molecule has 7 nitrogen and oxygen atoms in total. The second-order valence-corrected chi connectivity index (χ2v) is 8.22. The zero-order valence-electron chi connectivity index (χ0n) is 13.4. The summed E-state index contributed by atoms with van der Waals surface area (Å²) in [7, 11) is -3.50. The maximum atomic E-state index is 14.7. The average Bonchev–Trinajstić information content (AvgIpc) is 2.47. The number of guanidine groups is 2. The molecule has 9 heteroatoms. The molecule has 1 saturated carbocycles. The Morgan fingerprint density at radius 3 is 2.46 bits per heavy atom. The Bertz CT molecular complexity index is 828. The molecule has 0 amide bonds. The van der Waals surface area contributed by atoms with Gasteiger partial charge in [-0.2, -0.15) is 4.99 Å². The molecule has 1 aromatic carbocycles. The average molecular weight is 353 g/mol. The summed E-state index contributed by atoms with van der Waals surface area (Å²) in [5, 5.41) is 0. The highest BCUT2D eigenvalue weighted by atomic mass is 32.2. The molecule has 0 aromatic heterocycles. The van der Waals surface area contributed by atoms with Gasteiger partial charge in [-0.3, -0.25) is 4.90 Å². The van der Waals surface area contributed by atoms with Crippen molar-refractivity contribution in [2.24, 2.45) is 21.5 Å². The summed E-state index contributed by atoms with van der Waals surface area (Å²) in [4.78, 5) is 9.89. The molecule has 4 N–H and O–H groups in total. The highest BCUT2D eigenvalue weighted by Crippen LogP contribution is 2.40. The fourth-order valence-electron chi connectivity index (χ4n) is 3.37. The zero-order chi connectivity index (χ0) is 17.5. The number of nitrogens with zero attached hydrogens (tertiary/aromatic N) is 3. The van der Waals surface area contributed by atoms with Crippen molar-refractivity contribution in [3.05, 3.63) is 24.0 Å². The smallest absolute Gasteiger partial charge is 0.220 e. The van der Waals surface area contributed by atoms with Crippen LogP contribution in [0.25, 0.3) is 0 Å². The predicted octanol–water partition coefficient (Wildman–Crippen LogP) is 1.34. The van der Waals surface area contributed by atoms with E-state index in [1.165, 1.54) is 12.1 Å². The first-order chi connectivity index (χ1) is 11.2. The van der Waals surface area contributed by atoms with Crippen molar-refractivity contribution in [1.29, 1.82) is 0 Å². The number of aliphatic imine (C=N–C) groups is 2. The molecule has 1 aromatic rings. The Kier molecular flexibility index (Phi) is 3.98. The molecule has 24 heavy (non-hydrogen) atoms. The van der Waals surface area contributed by atoms with E-state index in [1.54, 1.807) is 4.90 Å². The van der Waals surface area contributed by atoms with Crippen LogP contribution < -0.4 is 16.4 Å². The number of rotatable bonds is 2. The van der Waals surface area contributed by atoms with Crippen molar-refractivity contribution in [3.63, 3.8) is 0 Å². The van der Waals surface area contributed by atoms with Gasteiger partial charge in [-0.1, -0.05) is 6.42 Å². The molecule has 0 atom stereocenters. The lowest BCUT2D eigenvalue weighted by Crippen LogP contribution is -2.58. The topological polar surface area (TPSA) is 114 Å². The summed E-state index contributed by atoms with van der Waals surface area (Å²) in [6.07, 6.45) is 5.30. The van der Waals surface area contributed by atoms with E-state index in [4.69, 9.17) is 11.5 Å². The number of anilines is 1. The van der Waals surface area contributed by atoms with Crippen LogP contribution in [0.1, 0.15) is 32.1 Å². The van der Waals surface area contributed by atoms with Crippen molar-refractivity contribution in [3.8, 4) is 0 Å². The molecule has 1 aliphatic heterocycles. The molecule has 130 valence electrons. The Balaban J connectivity index is 2.11. The number of halogens is 1. The predicted molar refractivity (Wildman–Crippen MR) is 91.0 cm³/mol. The fourth-order valence-corrected chi connectivity index (χ4v) is 4.00. The van der Waals surface area contributed by atoms with Gasteiger partial charge in [0.25, 0.3) is 0 Å². The summed E-state index contributed by atoms with van der Waals surface area (Å²) < 4.78 is 37.9. The largest absolute Gasteiger partial charge is 0.369 e. The summed E-state index contributed by atoms with van der Waals surface area (Å²) in [5.74, 6) is -0.536. The monoisotopic (exact) mass is 353 g/mol. The molecule has 0 unspecified atom stereocenters. The van der Waals surface area contributed by atoms with Crippen LogP contribution >= 0.6 is 0 Å². The Morgan fingerprint density at radius 2 is 1.88 bits per heavy atom. The highest BCUT2D eigenvalue weighted by Gasteiger charge is 2.43. The van der Waals surface area contributed by atoms with Crippen LogP contribution in [0.3, 0.4) is 0 Å². The standard InChI is InChI=1S/C15H20FN5O2S/c1-24(22,23)10-5-6-12(11(16)9-10)21-14(18)19-13(17)20-15(21)7-3-2-4-8-15/h5-6,9H,2-4,7-8H2,1H3,(H4,17,18,19,20). The van der Waals surface area contributed by atoms with E-state index in [9.17, 15) is 12.8 Å². The SMILES string of the molecule is CS(=O)(=O)c1ccc(N2C(N)=NC(N)=NC23CCCCC3)c(F)c1. The van der Waals surface area contributed by atoms with Gasteiger partial charge in [0.15, 0.2) is 9.84 Å². The summed E-state index contributed by atoms with van der Waals surface area (Å²) in [5.41, 5.74) is 11.2. The Morgan fingerprint density at radius 1 is 1.21 bits per heavy atom. The van der Waals surface area contributed by atoms with Crippen LogP contribution in [0.5, 0.6) is 0 Å². The van der Waals surface area contributed by atoms with Crippen LogP contribution in [-0.2, 0) is 9.84 Å². The molecular formula is C15H20FN5O2S. The third-order valence-electron chi connectivity index (χ3n) is 4.44. The van der Waals surface area contributed by atoms with Gasteiger partial charge in [-0.15, -0.1) is 0 Å². The second kappa shape index (κ2) is 5.73. The van der Waals surface area contributed by atoms with Crippen LogP contribution in [-0.4, -0.2) is 32.3 Å². The minimum absolute atomic E-state index is 0.0652. The molecule has 1 fully saturated rings. The van der Waals surface area contributed by atoms with Crippen LogP contribution in [0, 0.1) is 5.82 Å². The Labute approximate surface area is 140 Å². The molecular weight excluding hydrogens is 333 g/mol. The fraction of sp³-hybridized carbons (Fsp3) is 0.467. The van der Waals surface area contributed by atoms with Gasteiger partial charge in [-0.25, -0.2) is 17.8 Å². The lowest BCUT2D eigenvalue weighted by atomic mass is 9.87. The molecule has 2 aliphatic rings. The van der Waals surface area contributed by atoms with Crippen LogP contribution in [0.2, 0.25) is 0 Å². The van der Waals surface area contributed by atoms with Crippen LogP contribution in [0.15, 0.2) is 33.1 Å². The minimum Gasteiger partial charge on any atom is -0.369 e. The van der Waals surface area contributed by atoms with E-state index in [0.717, 1.165) is 31.6 Å². The van der Waals surface area contributed by atoms with Crippen molar-refractivity contribution in [2.75, 3.05) is 11.2 Å². The number of sulfone groups is 1. The molecule has 1 spiro atoms. The van der Waals surface area contributed by atoms with Crippen molar-refractivity contribution in [1.82, 2.24) is 0 Å². The number of benzene rings is 1. The maximum absolute atomic E-state index is 14.7.